The SMILES string of the molecule is CC(C)c1ccc(-c2csc3ncnc(NC(CC(N)=O)C(=O)O)c23)cc1. The molecule has 8 heteroatoms. The van der Waals surface area contributed by atoms with Crippen molar-refractivity contribution in [2.24, 2.45) is 5.73 Å². The van der Waals surface area contributed by atoms with Gasteiger partial charge in [-0.15, -0.1) is 11.3 Å². The molecule has 2 heterocycles. The fraction of sp³-hybridized carbons (Fsp3) is 0.263. The highest BCUT2D eigenvalue weighted by Crippen LogP contribution is 2.37. The molecule has 2 aromatic heterocycles. The highest BCUT2D eigenvalue weighted by molar-refractivity contribution is 7.17. The first kappa shape index (κ1) is 18.8. The lowest BCUT2D eigenvalue weighted by molar-refractivity contribution is -0.139. The summed E-state index contributed by atoms with van der Waals surface area (Å²) < 4.78 is 0. The van der Waals surface area contributed by atoms with Crippen molar-refractivity contribution in [3.05, 3.63) is 41.5 Å². The zero-order valence-electron chi connectivity index (χ0n) is 15.0. The van der Waals surface area contributed by atoms with Crippen LogP contribution in [0, 0.1) is 0 Å². The Labute approximate surface area is 160 Å². The number of carbonyl (C=O) groups excluding carboxylic acids is 1. The number of aromatic nitrogens is 2. The molecule has 0 saturated heterocycles. The Kier molecular flexibility index (Phi) is 5.36. The van der Waals surface area contributed by atoms with Gasteiger partial charge in [0.1, 0.15) is 23.0 Å². The fourth-order valence-electron chi connectivity index (χ4n) is 2.81. The maximum absolute atomic E-state index is 11.5. The number of primary amides is 1. The molecule has 1 amide bonds. The van der Waals surface area contributed by atoms with Gasteiger partial charge in [-0.25, -0.2) is 14.8 Å². The monoisotopic (exact) mass is 384 g/mol. The number of carboxylic acid groups (broad SMARTS) is 1. The molecule has 1 unspecified atom stereocenters. The van der Waals surface area contributed by atoms with Crippen LogP contribution in [-0.4, -0.2) is 33.0 Å². The number of benzene rings is 1. The molecule has 0 saturated carbocycles. The van der Waals surface area contributed by atoms with Crippen molar-refractivity contribution in [1.82, 2.24) is 9.97 Å². The van der Waals surface area contributed by atoms with Gasteiger partial charge in [-0.05, 0) is 17.0 Å². The summed E-state index contributed by atoms with van der Waals surface area (Å²) in [6, 6.07) is 7.06. The van der Waals surface area contributed by atoms with E-state index in [1.165, 1.54) is 23.2 Å². The van der Waals surface area contributed by atoms with E-state index < -0.39 is 17.9 Å². The van der Waals surface area contributed by atoms with E-state index >= 15 is 0 Å². The Morgan fingerprint density at radius 2 is 1.93 bits per heavy atom. The Morgan fingerprint density at radius 3 is 2.52 bits per heavy atom. The smallest absolute Gasteiger partial charge is 0.326 e. The molecule has 4 N–H and O–H groups in total. The van der Waals surface area contributed by atoms with Crippen LogP contribution < -0.4 is 11.1 Å². The Hall–Kier alpha value is -3.00. The lowest BCUT2D eigenvalue weighted by Crippen LogP contribution is -2.34. The number of nitrogens with two attached hydrogens (primary N) is 1. The van der Waals surface area contributed by atoms with Crippen LogP contribution in [0.1, 0.15) is 31.7 Å². The third-order valence-electron chi connectivity index (χ3n) is 4.27. The van der Waals surface area contributed by atoms with Gasteiger partial charge in [-0.1, -0.05) is 38.1 Å². The lowest BCUT2D eigenvalue weighted by atomic mass is 9.99. The third kappa shape index (κ3) is 4.06. The molecule has 0 fully saturated rings. The van der Waals surface area contributed by atoms with E-state index in [4.69, 9.17) is 5.73 Å². The van der Waals surface area contributed by atoms with Crippen LogP contribution in [0.4, 0.5) is 5.82 Å². The van der Waals surface area contributed by atoms with Gasteiger partial charge in [0.25, 0.3) is 0 Å². The summed E-state index contributed by atoms with van der Waals surface area (Å²) in [6.07, 6.45) is 1.04. The summed E-state index contributed by atoms with van der Waals surface area (Å²) in [4.78, 5) is 31.9. The molecule has 0 aliphatic carbocycles. The second kappa shape index (κ2) is 7.71. The minimum atomic E-state index is -1.17. The van der Waals surface area contributed by atoms with Gasteiger partial charge in [-0.3, -0.25) is 4.79 Å². The van der Waals surface area contributed by atoms with Crippen molar-refractivity contribution >= 4 is 39.2 Å². The summed E-state index contributed by atoms with van der Waals surface area (Å²) in [5, 5.41) is 14.9. The average molecular weight is 384 g/mol. The van der Waals surface area contributed by atoms with Crippen LogP contribution in [0.2, 0.25) is 0 Å². The number of carboxylic acids is 1. The van der Waals surface area contributed by atoms with E-state index in [0.717, 1.165) is 21.3 Å². The number of nitrogens with zero attached hydrogens (tertiary/aromatic N) is 2. The molecular formula is C19H20N4O3S. The van der Waals surface area contributed by atoms with Gasteiger partial charge in [0.05, 0.1) is 11.8 Å². The number of aliphatic carboxylic acids is 1. The number of hydrogen-bond donors (Lipinski definition) is 3. The number of carbonyl (C=O) groups is 2. The second-order valence-corrected chi connectivity index (χ2v) is 7.39. The van der Waals surface area contributed by atoms with E-state index in [1.807, 2.05) is 17.5 Å². The van der Waals surface area contributed by atoms with Crippen LogP contribution >= 0.6 is 11.3 Å². The largest absolute Gasteiger partial charge is 0.480 e. The number of nitrogens with one attached hydrogen (secondary N) is 1. The predicted molar refractivity (Wildman–Crippen MR) is 106 cm³/mol. The quantitative estimate of drug-likeness (QED) is 0.575. The minimum absolute atomic E-state index is 0.330. The predicted octanol–water partition coefficient (Wildman–Crippen LogP) is 3.22. The van der Waals surface area contributed by atoms with Crippen LogP contribution in [0.25, 0.3) is 21.3 Å². The molecule has 3 rings (SSSR count). The highest BCUT2D eigenvalue weighted by atomic mass is 32.1. The van der Waals surface area contributed by atoms with Gasteiger partial charge >= 0.3 is 5.97 Å². The van der Waals surface area contributed by atoms with Gasteiger partial charge in [0, 0.05) is 10.9 Å². The second-order valence-electron chi connectivity index (χ2n) is 6.53. The molecule has 27 heavy (non-hydrogen) atoms. The van der Waals surface area contributed by atoms with Crippen molar-refractivity contribution in [1.29, 1.82) is 0 Å². The standard InChI is InChI=1S/C19H20N4O3S/c1-10(2)11-3-5-12(6-4-11)13-8-27-18-16(13)17(21-9-22-18)23-14(19(25)26)7-15(20)24/h3-6,8-10,14H,7H2,1-2H3,(H2,20,24)(H,25,26)(H,21,22,23). The summed E-state index contributed by atoms with van der Waals surface area (Å²) in [5.74, 6) is -1.06. The molecule has 0 spiro atoms. The first-order chi connectivity index (χ1) is 12.9. The van der Waals surface area contributed by atoms with E-state index in [-0.39, 0.29) is 6.42 Å². The molecular weight excluding hydrogens is 364 g/mol. The number of hydrogen-bond acceptors (Lipinski definition) is 6. The summed E-state index contributed by atoms with van der Waals surface area (Å²) in [7, 11) is 0. The molecule has 1 atom stereocenters. The van der Waals surface area contributed by atoms with Crippen LogP contribution in [0.3, 0.4) is 0 Å². The summed E-state index contributed by atoms with van der Waals surface area (Å²) in [6.45, 7) is 4.27. The van der Waals surface area contributed by atoms with Crippen molar-refractivity contribution in [3.8, 4) is 11.1 Å². The highest BCUT2D eigenvalue weighted by Gasteiger charge is 2.22. The maximum Gasteiger partial charge on any atom is 0.326 e. The van der Waals surface area contributed by atoms with Gasteiger partial charge < -0.3 is 16.2 Å². The van der Waals surface area contributed by atoms with Crippen LogP contribution in [0.5, 0.6) is 0 Å². The molecule has 0 bridgehead atoms. The average Bonchev–Trinajstić information content (AvgIpc) is 3.06. The zero-order valence-corrected chi connectivity index (χ0v) is 15.8. The number of thiophene rings is 1. The number of rotatable bonds is 7. The minimum Gasteiger partial charge on any atom is -0.480 e. The molecule has 0 aliphatic rings. The third-order valence-corrected chi connectivity index (χ3v) is 5.16. The maximum atomic E-state index is 11.5. The normalized spacial score (nSPS) is 12.3. The number of anilines is 1. The van der Waals surface area contributed by atoms with Gasteiger partial charge in [-0.2, -0.15) is 0 Å². The van der Waals surface area contributed by atoms with E-state index in [9.17, 15) is 14.7 Å². The molecule has 3 aromatic rings. The van der Waals surface area contributed by atoms with Gasteiger partial charge in [0.2, 0.25) is 5.91 Å². The topological polar surface area (TPSA) is 118 Å². The Morgan fingerprint density at radius 1 is 1.22 bits per heavy atom. The van der Waals surface area contributed by atoms with E-state index in [2.05, 4.69) is 41.3 Å². The summed E-state index contributed by atoms with van der Waals surface area (Å²) >= 11 is 1.45. The fourth-order valence-corrected chi connectivity index (χ4v) is 3.73. The molecule has 0 aliphatic heterocycles. The number of amides is 1. The molecule has 7 nitrogen and oxygen atoms in total. The lowest BCUT2D eigenvalue weighted by Gasteiger charge is -2.15. The van der Waals surface area contributed by atoms with Crippen molar-refractivity contribution in [3.63, 3.8) is 0 Å². The Balaban J connectivity index is 2.03. The molecule has 0 radical (unpaired) electrons. The van der Waals surface area contributed by atoms with E-state index in [1.54, 1.807) is 0 Å². The van der Waals surface area contributed by atoms with Gasteiger partial charge in [0.15, 0.2) is 0 Å². The molecule has 1 aromatic carbocycles. The zero-order chi connectivity index (χ0) is 19.6. The van der Waals surface area contributed by atoms with Crippen molar-refractivity contribution < 1.29 is 14.7 Å². The Bertz CT molecular complexity index is 982. The molecule has 140 valence electrons. The van der Waals surface area contributed by atoms with Crippen LogP contribution in [-0.2, 0) is 9.59 Å². The van der Waals surface area contributed by atoms with Crippen LogP contribution in [0.15, 0.2) is 36.0 Å². The first-order valence-electron chi connectivity index (χ1n) is 8.47. The number of fused-ring (bicyclic) bond motifs is 1. The van der Waals surface area contributed by atoms with E-state index in [0.29, 0.717) is 11.7 Å². The summed E-state index contributed by atoms with van der Waals surface area (Å²) in [5.41, 5.74) is 8.30. The first-order valence-corrected chi connectivity index (χ1v) is 9.35. The van der Waals surface area contributed by atoms with Crippen molar-refractivity contribution in [2.75, 3.05) is 5.32 Å². The van der Waals surface area contributed by atoms with Crippen molar-refractivity contribution in [2.45, 2.75) is 32.2 Å².